The van der Waals surface area contributed by atoms with Gasteiger partial charge in [0.1, 0.15) is 0 Å². The molecule has 3 nitrogen and oxygen atoms in total. The zero-order valence-corrected chi connectivity index (χ0v) is 14.9. The lowest BCUT2D eigenvalue weighted by atomic mass is 10.1. The zero-order valence-electron chi connectivity index (χ0n) is 14.9. The number of allylic oxidation sites excluding steroid dienone is 4. The second-order valence-corrected chi connectivity index (χ2v) is 6.11. The topological polar surface area (TPSA) is 30.7 Å². The summed E-state index contributed by atoms with van der Waals surface area (Å²) >= 11 is 0. The Morgan fingerprint density at radius 1 is 0.815 bits per heavy atom. The van der Waals surface area contributed by atoms with E-state index in [0.29, 0.717) is 0 Å². The van der Waals surface area contributed by atoms with E-state index < -0.39 is 0 Å². The van der Waals surface area contributed by atoms with Crippen LogP contribution in [-0.2, 0) is 0 Å². The van der Waals surface area contributed by atoms with Gasteiger partial charge in [0.25, 0.3) is 0 Å². The van der Waals surface area contributed by atoms with E-state index in [1.165, 1.54) is 5.39 Å². The van der Waals surface area contributed by atoms with Gasteiger partial charge >= 0.3 is 0 Å². The van der Waals surface area contributed by atoms with Crippen molar-refractivity contribution in [2.75, 3.05) is 0 Å². The fourth-order valence-corrected chi connectivity index (χ4v) is 3.24. The lowest BCUT2D eigenvalue weighted by molar-refractivity contribution is 1.04. The molecule has 0 aliphatic rings. The Morgan fingerprint density at radius 2 is 1.56 bits per heavy atom. The molecule has 0 radical (unpaired) electrons. The molecule has 0 spiro atoms. The fourth-order valence-electron chi connectivity index (χ4n) is 3.24. The molecule has 0 aliphatic carbocycles. The molecule has 0 fully saturated rings. The lowest BCUT2D eigenvalue weighted by Gasteiger charge is -2.14. The summed E-state index contributed by atoms with van der Waals surface area (Å²) in [6, 6.07) is 24.7. The highest BCUT2D eigenvalue weighted by atomic mass is 15.3. The average Bonchev–Trinajstić information content (AvgIpc) is 3.17. The third-order valence-electron chi connectivity index (χ3n) is 4.48. The third kappa shape index (κ3) is 3.00. The standard InChI is InChI=1S/C24H19N3/c1-3-11-18(4-2)23-25-26-24(20-13-6-5-7-14-20)27(23)22-17-10-15-19-12-8-9-16-21(19)22/h3-17H,1-2H2/b18-11+. The molecule has 0 aliphatic heterocycles. The molecule has 27 heavy (non-hydrogen) atoms. The summed E-state index contributed by atoms with van der Waals surface area (Å²) in [6.07, 6.45) is 5.41. The van der Waals surface area contributed by atoms with E-state index in [1.54, 1.807) is 12.2 Å². The first-order valence-corrected chi connectivity index (χ1v) is 8.78. The SMILES string of the molecule is C=C/C=C(\C=C)c1nnc(-c2ccccc2)n1-c1cccc2ccccc12. The Bertz CT molecular complexity index is 1150. The van der Waals surface area contributed by atoms with Crippen LogP contribution in [-0.4, -0.2) is 14.8 Å². The number of aromatic nitrogens is 3. The minimum absolute atomic E-state index is 0.736. The first-order chi connectivity index (χ1) is 13.3. The molecule has 0 bridgehead atoms. The predicted molar refractivity (Wildman–Crippen MR) is 113 cm³/mol. The Labute approximate surface area is 158 Å². The minimum Gasteiger partial charge on any atom is -0.274 e. The van der Waals surface area contributed by atoms with E-state index in [1.807, 2.05) is 48.5 Å². The van der Waals surface area contributed by atoms with Crippen LogP contribution in [0.2, 0.25) is 0 Å². The van der Waals surface area contributed by atoms with Crippen molar-refractivity contribution >= 4 is 16.3 Å². The monoisotopic (exact) mass is 349 g/mol. The van der Waals surface area contributed by atoms with Crippen LogP contribution in [0.4, 0.5) is 0 Å². The molecule has 0 saturated heterocycles. The van der Waals surface area contributed by atoms with Crippen LogP contribution in [0.25, 0.3) is 33.4 Å². The van der Waals surface area contributed by atoms with Gasteiger partial charge in [0.2, 0.25) is 0 Å². The van der Waals surface area contributed by atoms with Gasteiger partial charge in [-0.2, -0.15) is 0 Å². The normalized spacial score (nSPS) is 11.5. The van der Waals surface area contributed by atoms with Gasteiger partial charge in [-0.15, -0.1) is 10.2 Å². The largest absolute Gasteiger partial charge is 0.274 e. The van der Waals surface area contributed by atoms with Gasteiger partial charge in [-0.05, 0) is 11.5 Å². The van der Waals surface area contributed by atoms with Crippen LogP contribution in [0.3, 0.4) is 0 Å². The number of rotatable bonds is 5. The zero-order chi connectivity index (χ0) is 18.6. The van der Waals surface area contributed by atoms with Gasteiger partial charge in [0.15, 0.2) is 11.6 Å². The van der Waals surface area contributed by atoms with E-state index in [9.17, 15) is 0 Å². The first-order valence-electron chi connectivity index (χ1n) is 8.78. The summed E-state index contributed by atoms with van der Waals surface area (Å²) in [7, 11) is 0. The van der Waals surface area contributed by atoms with E-state index in [2.05, 4.69) is 58.3 Å². The molecule has 0 saturated carbocycles. The molecule has 4 rings (SSSR count). The molecule has 0 amide bonds. The molecule has 0 unspecified atom stereocenters. The number of nitrogens with zero attached hydrogens (tertiary/aromatic N) is 3. The quantitative estimate of drug-likeness (QED) is 0.424. The molecule has 130 valence electrons. The smallest absolute Gasteiger partial charge is 0.168 e. The van der Waals surface area contributed by atoms with Crippen LogP contribution in [0.1, 0.15) is 5.82 Å². The van der Waals surface area contributed by atoms with Crippen molar-refractivity contribution in [3.63, 3.8) is 0 Å². The fraction of sp³-hybridized carbons (Fsp3) is 0. The van der Waals surface area contributed by atoms with Crippen LogP contribution < -0.4 is 0 Å². The Hall–Kier alpha value is -3.72. The van der Waals surface area contributed by atoms with Crippen molar-refractivity contribution in [2.45, 2.75) is 0 Å². The predicted octanol–water partition coefficient (Wildman–Crippen LogP) is 5.84. The maximum absolute atomic E-state index is 4.51. The summed E-state index contributed by atoms with van der Waals surface area (Å²) in [5.41, 5.74) is 2.91. The van der Waals surface area contributed by atoms with Crippen molar-refractivity contribution in [1.82, 2.24) is 14.8 Å². The second-order valence-electron chi connectivity index (χ2n) is 6.11. The highest BCUT2D eigenvalue weighted by Crippen LogP contribution is 2.30. The van der Waals surface area contributed by atoms with Crippen LogP contribution in [0.5, 0.6) is 0 Å². The highest BCUT2D eigenvalue weighted by molar-refractivity contribution is 5.91. The lowest BCUT2D eigenvalue weighted by Crippen LogP contribution is -2.03. The van der Waals surface area contributed by atoms with Crippen molar-refractivity contribution in [3.05, 3.63) is 110 Å². The van der Waals surface area contributed by atoms with Crippen LogP contribution >= 0.6 is 0 Å². The molecule has 1 heterocycles. The maximum atomic E-state index is 4.51. The van der Waals surface area contributed by atoms with Crippen molar-refractivity contribution in [1.29, 1.82) is 0 Å². The van der Waals surface area contributed by atoms with Gasteiger partial charge in [-0.3, -0.25) is 4.57 Å². The van der Waals surface area contributed by atoms with Crippen molar-refractivity contribution < 1.29 is 0 Å². The summed E-state index contributed by atoms with van der Waals surface area (Å²) in [6.45, 7) is 7.75. The van der Waals surface area contributed by atoms with Gasteiger partial charge in [0.05, 0.1) is 5.69 Å². The summed E-state index contributed by atoms with van der Waals surface area (Å²) in [5.74, 6) is 1.53. The molecular formula is C24H19N3. The number of hydrogen-bond acceptors (Lipinski definition) is 2. The number of fused-ring (bicyclic) bond motifs is 1. The highest BCUT2D eigenvalue weighted by Gasteiger charge is 2.18. The summed E-state index contributed by atoms with van der Waals surface area (Å²) in [4.78, 5) is 0. The minimum atomic E-state index is 0.736. The van der Waals surface area contributed by atoms with Gasteiger partial charge < -0.3 is 0 Å². The average molecular weight is 349 g/mol. The first kappa shape index (κ1) is 16.7. The van der Waals surface area contributed by atoms with E-state index in [4.69, 9.17) is 0 Å². The number of hydrogen-bond donors (Lipinski definition) is 0. The molecular weight excluding hydrogens is 330 g/mol. The number of benzene rings is 3. The van der Waals surface area contributed by atoms with Gasteiger partial charge in [-0.25, -0.2) is 0 Å². The van der Waals surface area contributed by atoms with Crippen molar-refractivity contribution in [2.24, 2.45) is 0 Å². The Kier molecular flexibility index (Phi) is 4.50. The third-order valence-corrected chi connectivity index (χ3v) is 4.48. The maximum Gasteiger partial charge on any atom is 0.168 e. The van der Waals surface area contributed by atoms with E-state index in [-0.39, 0.29) is 0 Å². The van der Waals surface area contributed by atoms with Gasteiger partial charge in [0, 0.05) is 16.5 Å². The Morgan fingerprint density at radius 3 is 2.33 bits per heavy atom. The molecule has 4 aromatic rings. The molecule has 3 heteroatoms. The van der Waals surface area contributed by atoms with E-state index >= 15 is 0 Å². The molecule has 0 atom stereocenters. The van der Waals surface area contributed by atoms with Crippen LogP contribution in [0, 0.1) is 0 Å². The van der Waals surface area contributed by atoms with E-state index in [0.717, 1.165) is 33.9 Å². The van der Waals surface area contributed by atoms with Crippen LogP contribution in [0.15, 0.2) is 104 Å². The molecule has 3 aromatic carbocycles. The summed E-state index contributed by atoms with van der Waals surface area (Å²) in [5, 5.41) is 11.3. The van der Waals surface area contributed by atoms with Gasteiger partial charge in [-0.1, -0.05) is 98.1 Å². The summed E-state index contributed by atoms with van der Waals surface area (Å²) < 4.78 is 2.09. The molecule has 1 aromatic heterocycles. The molecule has 0 N–H and O–H groups in total. The second kappa shape index (κ2) is 7.26. The van der Waals surface area contributed by atoms with Crippen molar-refractivity contribution in [3.8, 4) is 17.1 Å². The Balaban J connectivity index is 2.08.